The van der Waals surface area contributed by atoms with Crippen molar-refractivity contribution in [3.8, 4) is 5.75 Å². The maximum Gasteiger partial charge on any atom is 0.161 e. The Morgan fingerprint density at radius 1 is 1.44 bits per heavy atom. The average Bonchev–Trinajstić information content (AvgIpc) is 2.30. The van der Waals surface area contributed by atoms with Crippen LogP contribution in [0.15, 0.2) is 23.2 Å². The fourth-order valence-electron chi connectivity index (χ4n) is 1.71. The molecule has 1 N–H and O–H groups in total. The second-order valence-electron chi connectivity index (χ2n) is 4.80. The van der Waals surface area contributed by atoms with E-state index in [0.717, 1.165) is 23.0 Å². The zero-order chi connectivity index (χ0) is 13.2. The molecular formula is C13H17FN2OS. The molecule has 1 aromatic carbocycles. The van der Waals surface area contributed by atoms with Gasteiger partial charge in [0.15, 0.2) is 5.17 Å². The smallest absolute Gasteiger partial charge is 0.161 e. The molecule has 3 nitrogen and oxygen atoms in total. The predicted molar refractivity (Wildman–Crippen MR) is 75.2 cm³/mol. The lowest BCUT2D eigenvalue weighted by molar-refractivity contribution is 0.413. The van der Waals surface area contributed by atoms with E-state index < -0.39 is 0 Å². The van der Waals surface area contributed by atoms with Crippen molar-refractivity contribution in [1.29, 1.82) is 0 Å². The van der Waals surface area contributed by atoms with Crippen molar-refractivity contribution in [2.75, 3.05) is 18.2 Å². The van der Waals surface area contributed by atoms with Gasteiger partial charge in [0, 0.05) is 11.8 Å². The molecule has 98 valence electrons. The van der Waals surface area contributed by atoms with Crippen molar-refractivity contribution in [2.45, 2.75) is 25.8 Å². The van der Waals surface area contributed by atoms with E-state index in [1.807, 2.05) is 0 Å². The monoisotopic (exact) mass is 268 g/mol. The number of methoxy groups -OCH3 is 1. The number of hydrogen-bond donors (Lipinski definition) is 1. The molecule has 0 saturated heterocycles. The van der Waals surface area contributed by atoms with Crippen LogP contribution in [0.5, 0.6) is 5.75 Å². The van der Waals surface area contributed by atoms with E-state index >= 15 is 0 Å². The van der Waals surface area contributed by atoms with Crippen LogP contribution < -0.4 is 10.1 Å². The lowest BCUT2D eigenvalue weighted by Gasteiger charge is -2.26. The topological polar surface area (TPSA) is 33.6 Å². The quantitative estimate of drug-likeness (QED) is 0.891. The summed E-state index contributed by atoms with van der Waals surface area (Å²) in [7, 11) is 1.53. The molecule has 0 saturated carbocycles. The fourth-order valence-corrected chi connectivity index (χ4v) is 3.00. The Morgan fingerprint density at radius 2 is 2.22 bits per heavy atom. The fraction of sp³-hybridized carbons (Fsp3) is 0.462. The van der Waals surface area contributed by atoms with Crippen LogP contribution in [0.25, 0.3) is 0 Å². The normalized spacial score (nSPS) is 18.1. The van der Waals surface area contributed by atoms with Gasteiger partial charge >= 0.3 is 0 Å². The van der Waals surface area contributed by atoms with Crippen molar-refractivity contribution >= 4 is 22.6 Å². The minimum absolute atomic E-state index is 0.0408. The Bertz CT molecular complexity index is 474. The number of amidine groups is 1. The number of rotatable bonds is 2. The zero-order valence-electron chi connectivity index (χ0n) is 10.8. The third kappa shape index (κ3) is 3.16. The lowest BCUT2D eigenvalue weighted by atomic mass is 10.0. The van der Waals surface area contributed by atoms with Gasteiger partial charge in [0.1, 0.15) is 11.6 Å². The lowest BCUT2D eigenvalue weighted by Crippen LogP contribution is -2.27. The highest BCUT2D eigenvalue weighted by molar-refractivity contribution is 8.14. The van der Waals surface area contributed by atoms with Gasteiger partial charge in [0.05, 0.1) is 18.3 Å². The summed E-state index contributed by atoms with van der Waals surface area (Å²) >= 11 is 1.67. The van der Waals surface area contributed by atoms with E-state index in [1.165, 1.54) is 19.2 Å². The SMILES string of the molecule is COc1cc(F)ccc1NC1=NC(C)(C)CCS1. The molecule has 0 fully saturated rings. The minimum atomic E-state index is -0.309. The van der Waals surface area contributed by atoms with Crippen LogP contribution in [-0.2, 0) is 0 Å². The van der Waals surface area contributed by atoms with Gasteiger partial charge in [-0.2, -0.15) is 0 Å². The highest BCUT2D eigenvalue weighted by Crippen LogP contribution is 2.30. The first-order chi connectivity index (χ1) is 8.50. The Kier molecular flexibility index (Phi) is 3.80. The second kappa shape index (κ2) is 5.18. The van der Waals surface area contributed by atoms with E-state index in [1.54, 1.807) is 17.8 Å². The Hall–Kier alpha value is -1.23. The summed E-state index contributed by atoms with van der Waals surface area (Å²) in [4.78, 5) is 4.63. The van der Waals surface area contributed by atoms with Crippen LogP contribution in [0.4, 0.5) is 10.1 Å². The number of anilines is 1. The molecule has 0 spiro atoms. The third-order valence-corrected chi connectivity index (χ3v) is 3.64. The molecule has 0 atom stereocenters. The van der Waals surface area contributed by atoms with Crippen molar-refractivity contribution < 1.29 is 9.13 Å². The molecule has 1 aliphatic rings. The molecule has 0 unspecified atom stereocenters. The molecule has 2 rings (SSSR count). The van der Waals surface area contributed by atoms with Gasteiger partial charge in [-0.1, -0.05) is 11.8 Å². The van der Waals surface area contributed by atoms with E-state index in [4.69, 9.17) is 4.74 Å². The molecule has 1 aliphatic heterocycles. The number of halogens is 1. The second-order valence-corrected chi connectivity index (χ2v) is 5.88. The van der Waals surface area contributed by atoms with Crippen LogP contribution in [0.2, 0.25) is 0 Å². The predicted octanol–water partition coefficient (Wildman–Crippen LogP) is 3.52. The Labute approximate surface area is 111 Å². The first-order valence-corrected chi connectivity index (χ1v) is 6.82. The number of aliphatic imine (C=N–C) groups is 1. The molecule has 18 heavy (non-hydrogen) atoms. The number of nitrogens with zero attached hydrogens (tertiary/aromatic N) is 1. The molecule has 0 aromatic heterocycles. The number of thioether (sulfide) groups is 1. The van der Waals surface area contributed by atoms with Gasteiger partial charge in [0.2, 0.25) is 0 Å². The van der Waals surface area contributed by atoms with E-state index in [0.29, 0.717) is 5.75 Å². The van der Waals surface area contributed by atoms with Crippen LogP contribution >= 0.6 is 11.8 Å². The largest absolute Gasteiger partial charge is 0.494 e. The standard InChI is InChI=1S/C13H17FN2OS/c1-13(2)6-7-18-12(16-13)15-10-5-4-9(14)8-11(10)17-3/h4-5,8H,6-7H2,1-3H3,(H,15,16). The molecule has 0 aliphatic carbocycles. The van der Waals surface area contributed by atoms with Gasteiger partial charge in [0.25, 0.3) is 0 Å². The van der Waals surface area contributed by atoms with Gasteiger partial charge < -0.3 is 10.1 Å². The zero-order valence-corrected chi connectivity index (χ0v) is 11.6. The van der Waals surface area contributed by atoms with Gasteiger partial charge in [-0.05, 0) is 32.4 Å². The van der Waals surface area contributed by atoms with Crippen molar-refractivity contribution in [2.24, 2.45) is 4.99 Å². The number of ether oxygens (including phenoxy) is 1. The van der Waals surface area contributed by atoms with Gasteiger partial charge in [-0.3, -0.25) is 4.99 Å². The summed E-state index contributed by atoms with van der Waals surface area (Å²) in [5.74, 6) is 1.21. The number of hydrogen-bond acceptors (Lipinski definition) is 4. The van der Waals surface area contributed by atoms with Crippen molar-refractivity contribution in [1.82, 2.24) is 0 Å². The van der Waals surface area contributed by atoms with Crippen LogP contribution in [0, 0.1) is 5.82 Å². The van der Waals surface area contributed by atoms with Gasteiger partial charge in [-0.15, -0.1) is 0 Å². The van der Waals surface area contributed by atoms with Gasteiger partial charge in [-0.25, -0.2) is 4.39 Å². The molecule has 5 heteroatoms. The first-order valence-electron chi connectivity index (χ1n) is 5.83. The summed E-state index contributed by atoms with van der Waals surface area (Å²) in [5, 5.41) is 4.06. The highest BCUT2D eigenvalue weighted by atomic mass is 32.2. The number of benzene rings is 1. The summed E-state index contributed by atoms with van der Waals surface area (Å²) in [6, 6.07) is 4.43. The summed E-state index contributed by atoms with van der Waals surface area (Å²) < 4.78 is 18.2. The summed E-state index contributed by atoms with van der Waals surface area (Å²) in [6.07, 6.45) is 1.06. The summed E-state index contributed by atoms with van der Waals surface area (Å²) in [5.41, 5.74) is 0.698. The first kappa shape index (κ1) is 13.2. The minimum Gasteiger partial charge on any atom is -0.494 e. The number of nitrogens with one attached hydrogen (secondary N) is 1. The summed E-state index contributed by atoms with van der Waals surface area (Å²) in [6.45, 7) is 4.21. The van der Waals surface area contributed by atoms with E-state index in [2.05, 4.69) is 24.2 Å². The Balaban J connectivity index is 2.21. The van der Waals surface area contributed by atoms with E-state index in [9.17, 15) is 4.39 Å². The van der Waals surface area contributed by atoms with Crippen LogP contribution in [0.3, 0.4) is 0 Å². The molecular weight excluding hydrogens is 251 g/mol. The van der Waals surface area contributed by atoms with Crippen molar-refractivity contribution in [3.05, 3.63) is 24.0 Å². The Morgan fingerprint density at radius 3 is 2.89 bits per heavy atom. The maximum absolute atomic E-state index is 13.1. The van der Waals surface area contributed by atoms with E-state index in [-0.39, 0.29) is 11.4 Å². The highest BCUT2D eigenvalue weighted by Gasteiger charge is 2.23. The maximum atomic E-state index is 13.1. The average molecular weight is 268 g/mol. The van der Waals surface area contributed by atoms with Crippen molar-refractivity contribution in [3.63, 3.8) is 0 Å². The van der Waals surface area contributed by atoms with Crippen LogP contribution in [0.1, 0.15) is 20.3 Å². The molecule has 1 heterocycles. The molecule has 0 amide bonds. The third-order valence-electron chi connectivity index (χ3n) is 2.76. The van der Waals surface area contributed by atoms with Crippen LogP contribution in [-0.4, -0.2) is 23.6 Å². The molecule has 0 bridgehead atoms. The molecule has 0 radical (unpaired) electrons. The molecule has 1 aromatic rings.